The van der Waals surface area contributed by atoms with Gasteiger partial charge in [0.2, 0.25) is 0 Å². The zero-order chi connectivity index (χ0) is 13.7. The Hall–Kier alpha value is -2.22. The number of nitrogens with zero attached hydrogens (tertiary/aromatic N) is 3. The Kier molecular flexibility index (Phi) is 4.24. The van der Waals surface area contributed by atoms with Crippen LogP contribution in [0.3, 0.4) is 0 Å². The zero-order valence-electron chi connectivity index (χ0n) is 11.0. The van der Waals surface area contributed by atoms with Gasteiger partial charge in [0.15, 0.2) is 0 Å². The Labute approximate surface area is 113 Å². The number of methoxy groups -OCH3 is 1. The number of amides is 1. The number of ether oxygens (including phenoxy) is 1. The SMILES string of the molecule is [C-]#[N+]CC(=O)N1CCN(c2cccc(OC)c2)CC1. The van der Waals surface area contributed by atoms with Crippen molar-refractivity contribution >= 4 is 11.6 Å². The predicted molar refractivity (Wildman–Crippen MR) is 73.3 cm³/mol. The number of hydrogen-bond acceptors (Lipinski definition) is 3. The molecule has 1 aromatic carbocycles. The van der Waals surface area contributed by atoms with Crippen LogP contribution >= 0.6 is 0 Å². The molecule has 1 aliphatic rings. The molecule has 1 fully saturated rings. The number of carbonyl (C=O) groups excluding carboxylic acids is 1. The predicted octanol–water partition coefficient (Wildman–Crippen LogP) is 1.26. The van der Waals surface area contributed by atoms with Crippen LogP contribution in [0.5, 0.6) is 5.75 Å². The van der Waals surface area contributed by atoms with Crippen molar-refractivity contribution in [3.8, 4) is 5.75 Å². The van der Waals surface area contributed by atoms with Gasteiger partial charge >= 0.3 is 5.91 Å². The molecule has 1 heterocycles. The first kappa shape index (κ1) is 13.2. The van der Waals surface area contributed by atoms with Crippen molar-refractivity contribution < 1.29 is 9.53 Å². The van der Waals surface area contributed by atoms with E-state index in [1.165, 1.54) is 0 Å². The maximum absolute atomic E-state index is 11.6. The van der Waals surface area contributed by atoms with E-state index < -0.39 is 0 Å². The lowest BCUT2D eigenvalue weighted by molar-refractivity contribution is -0.129. The van der Waals surface area contributed by atoms with Crippen LogP contribution in [0.4, 0.5) is 5.69 Å². The van der Waals surface area contributed by atoms with Gasteiger partial charge in [-0.1, -0.05) is 6.07 Å². The lowest BCUT2D eigenvalue weighted by Gasteiger charge is -2.35. The van der Waals surface area contributed by atoms with Crippen LogP contribution in [0.1, 0.15) is 0 Å². The normalized spacial score (nSPS) is 14.9. The topological polar surface area (TPSA) is 37.1 Å². The maximum atomic E-state index is 11.6. The fourth-order valence-electron chi connectivity index (χ4n) is 2.19. The van der Waals surface area contributed by atoms with Crippen molar-refractivity contribution in [3.63, 3.8) is 0 Å². The second kappa shape index (κ2) is 6.10. The molecule has 2 rings (SSSR count). The molecular formula is C14H17N3O2. The van der Waals surface area contributed by atoms with Gasteiger partial charge in [-0.05, 0) is 12.1 Å². The number of benzene rings is 1. The first-order chi connectivity index (χ1) is 9.24. The van der Waals surface area contributed by atoms with Crippen LogP contribution < -0.4 is 9.64 Å². The third kappa shape index (κ3) is 3.16. The van der Waals surface area contributed by atoms with Gasteiger partial charge in [-0.25, -0.2) is 6.57 Å². The fourth-order valence-corrected chi connectivity index (χ4v) is 2.19. The largest absolute Gasteiger partial charge is 0.497 e. The van der Waals surface area contributed by atoms with Gasteiger partial charge in [-0.15, -0.1) is 0 Å². The van der Waals surface area contributed by atoms with Crippen molar-refractivity contribution in [1.82, 2.24) is 4.90 Å². The Morgan fingerprint density at radius 1 is 1.37 bits per heavy atom. The van der Waals surface area contributed by atoms with Crippen molar-refractivity contribution in [2.24, 2.45) is 0 Å². The van der Waals surface area contributed by atoms with Crippen LogP contribution in [0.15, 0.2) is 24.3 Å². The van der Waals surface area contributed by atoms with Crippen molar-refractivity contribution in [2.75, 3.05) is 44.7 Å². The number of piperazine rings is 1. The fraction of sp³-hybridized carbons (Fsp3) is 0.429. The summed E-state index contributed by atoms with van der Waals surface area (Å²) < 4.78 is 5.21. The van der Waals surface area contributed by atoms with E-state index in [4.69, 9.17) is 11.3 Å². The Bertz CT molecular complexity index is 488. The van der Waals surface area contributed by atoms with Crippen LogP contribution in [0.2, 0.25) is 0 Å². The van der Waals surface area contributed by atoms with Gasteiger partial charge in [-0.2, -0.15) is 0 Å². The van der Waals surface area contributed by atoms with E-state index in [0.29, 0.717) is 13.1 Å². The highest BCUT2D eigenvalue weighted by molar-refractivity contribution is 5.80. The summed E-state index contributed by atoms with van der Waals surface area (Å²) in [5, 5.41) is 0. The number of anilines is 1. The van der Waals surface area contributed by atoms with E-state index in [1.54, 1.807) is 12.0 Å². The molecule has 0 radical (unpaired) electrons. The van der Waals surface area contributed by atoms with Crippen molar-refractivity contribution in [1.29, 1.82) is 0 Å². The Morgan fingerprint density at radius 3 is 2.74 bits per heavy atom. The molecule has 5 nitrogen and oxygen atoms in total. The average molecular weight is 259 g/mol. The Morgan fingerprint density at radius 2 is 2.11 bits per heavy atom. The number of carbonyl (C=O) groups is 1. The second-order valence-electron chi connectivity index (χ2n) is 4.39. The van der Waals surface area contributed by atoms with Gasteiger partial charge in [0.1, 0.15) is 5.75 Å². The number of rotatable bonds is 3. The second-order valence-corrected chi connectivity index (χ2v) is 4.39. The highest BCUT2D eigenvalue weighted by atomic mass is 16.5. The van der Waals surface area contributed by atoms with Gasteiger partial charge < -0.3 is 19.4 Å². The smallest absolute Gasteiger partial charge is 0.302 e. The minimum absolute atomic E-state index is 0.0425. The van der Waals surface area contributed by atoms with Crippen LogP contribution in [-0.4, -0.2) is 50.6 Å². The Balaban J connectivity index is 1.96. The minimum Gasteiger partial charge on any atom is -0.497 e. The van der Waals surface area contributed by atoms with E-state index in [0.717, 1.165) is 24.5 Å². The molecule has 5 heteroatoms. The molecule has 0 aromatic heterocycles. The molecule has 0 saturated carbocycles. The summed E-state index contributed by atoms with van der Waals surface area (Å²) in [5.74, 6) is 0.768. The van der Waals surface area contributed by atoms with Crippen LogP contribution in [0.25, 0.3) is 4.85 Å². The standard InChI is InChI=1S/C14H17N3O2/c1-15-11-14(18)17-8-6-16(7-9-17)12-4-3-5-13(10-12)19-2/h3-5,10H,6-9,11H2,2H3. The van der Waals surface area contributed by atoms with Gasteiger partial charge in [-0.3, -0.25) is 4.79 Å². The van der Waals surface area contributed by atoms with E-state index in [9.17, 15) is 4.79 Å². The monoisotopic (exact) mass is 259 g/mol. The molecule has 1 aromatic rings. The summed E-state index contributed by atoms with van der Waals surface area (Å²) in [4.78, 5) is 18.7. The summed E-state index contributed by atoms with van der Waals surface area (Å²) in [5.41, 5.74) is 1.11. The van der Waals surface area contributed by atoms with Crippen LogP contribution in [-0.2, 0) is 4.79 Å². The average Bonchev–Trinajstić information content (AvgIpc) is 2.48. The summed E-state index contributed by atoms with van der Waals surface area (Å²) in [7, 11) is 1.65. The van der Waals surface area contributed by atoms with Crippen molar-refractivity contribution in [3.05, 3.63) is 35.7 Å². The first-order valence-corrected chi connectivity index (χ1v) is 6.24. The van der Waals surface area contributed by atoms with Gasteiger partial charge in [0, 0.05) is 37.9 Å². The van der Waals surface area contributed by atoms with E-state index >= 15 is 0 Å². The van der Waals surface area contributed by atoms with Gasteiger partial charge in [0.25, 0.3) is 6.54 Å². The van der Waals surface area contributed by atoms with E-state index in [2.05, 4.69) is 9.74 Å². The minimum atomic E-state index is -0.0692. The molecule has 0 N–H and O–H groups in total. The quantitative estimate of drug-likeness (QED) is 0.767. The highest BCUT2D eigenvalue weighted by Crippen LogP contribution is 2.22. The third-order valence-electron chi connectivity index (χ3n) is 3.27. The summed E-state index contributed by atoms with van der Waals surface area (Å²) in [6, 6.07) is 7.92. The first-order valence-electron chi connectivity index (χ1n) is 6.24. The lowest BCUT2D eigenvalue weighted by Crippen LogP contribution is -2.49. The molecule has 0 atom stereocenters. The van der Waals surface area contributed by atoms with Crippen LogP contribution in [0, 0.1) is 6.57 Å². The maximum Gasteiger partial charge on any atom is 0.302 e. The molecule has 19 heavy (non-hydrogen) atoms. The molecule has 1 amide bonds. The summed E-state index contributed by atoms with van der Waals surface area (Å²) in [6.45, 7) is 9.60. The molecule has 100 valence electrons. The zero-order valence-corrected chi connectivity index (χ0v) is 11.0. The highest BCUT2D eigenvalue weighted by Gasteiger charge is 2.22. The van der Waals surface area contributed by atoms with E-state index in [1.807, 2.05) is 24.3 Å². The van der Waals surface area contributed by atoms with E-state index in [-0.39, 0.29) is 12.5 Å². The lowest BCUT2D eigenvalue weighted by atomic mass is 10.2. The third-order valence-corrected chi connectivity index (χ3v) is 3.27. The molecule has 1 saturated heterocycles. The number of hydrogen-bond donors (Lipinski definition) is 0. The summed E-state index contributed by atoms with van der Waals surface area (Å²) >= 11 is 0. The molecule has 0 spiro atoms. The molecule has 0 bridgehead atoms. The van der Waals surface area contributed by atoms with Gasteiger partial charge in [0.05, 0.1) is 7.11 Å². The molecule has 0 aliphatic carbocycles. The molecule has 1 aliphatic heterocycles. The molecular weight excluding hydrogens is 242 g/mol. The van der Waals surface area contributed by atoms with Crippen molar-refractivity contribution in [2.45, 2.75) is 0 Å². The molecule has 0 unspecified atom stereocenters. The summed E-state index contributed by atoms with van der Waals surface area (Å²) in [6.07, 6.45) is 0.